The number of aryl methyl sites for hydroxylation is 1. The number of aromatic nitrogens is 3. The molecule has 0 bridgehead atoms. The predicted molar refractivity (Wildman–Crippen MR) is 135 cm³/mol. The lowest BCUT2D eigenvalue weighted by Crippen LogP contribution is -2.35. The van der Waals surface area contributed by atoms with Crippen LogP contribution < -0.4 is 10.6 Å². The fourth-order valence-electron chi connectivity index (χ4n) is 3.68. The summed E-state index contributed by atoms with van der Waals surface area (Å²) in [6, 6.07) is 22.4. The average molecular weight is 463 g/mol. The molecule has 0 radical (unpaired) electrons. The summed E-state index contributed by atoms with van der Waals surface area (Å²) in [4.78, 5) is 26.1. The lowest BCUT2D eigenvalue weighted by molar-refractivity contribution is -0.118. The van der Waals surface area contributed by atoms with Crippen molar-refractivity contribution in [1.29, 1.82) is 5.26 Å². The molecule has 2 atom stereocenters. The molecule has 2 heterocycles. The van der Waals surface area contributed by atoms with Gasteiger partial charge in [-0.1, -0.05) is 49.4 Å². The SMILES string of the molecule is Cc1ncc(-c2ccc(NC(=O)[C@@H](NCC(C)c3ccc(C#N)cc3)c3ccccc3)nc2)cn1. The van der Waals surface area contributed by atoms with Gasteiger partial charge in [0.15, 0.2) is 0 Å². The van der Waals surface area contributed by atoms with E-state index in [4.69, 9.17) is 5.26 Å². The number of pyridine rings is 1. The highest BCUT2D eigenvalue weighted by atomic mass is 16.2. The molecule has 0 aliphatic heterocycles. The number of rotatable bonds is 8. The van der Waals surface area contributed by atoms with Crippen LogP contribution in [0.5, 0.6) is 0 Å². The largest absolute Gasteiger partial charge is 0.309 e. The van der Waals surface area contributed by atoms with Gasteiger partial charge in [-0.25, -0.2) is 15.0 Å². The van der Waals surface area contributed by atoms with Crippen LogP contribution in [-0.4, -0.2) is 27.4 Å². The fraction of sp³-hybridized carbons (Fsp3) is 0.179. The van der Waals surface area contributed by atoms with Gasteiger partial charge >= 0.3 is 0 Å². The molecule has 7 heteroatoms. The van der Waals surface area contributed by atoms with Crippen molar-refractivity contribution in [3.8, 4) is 17.2 Å². The number of hydrogen-bond acceptors (Lipinski definition) is 6. The van der Waals surface area contributed by atoms with Crippen molar-refractivity contribution in [3.63, 3.8) is 0 Å². The molecule has 4 rings (SSSR count). The van der Waals surface area contributed by atoms with Crippen LogP contribution in [0.2, 0.25) is 0 Å². The third kappa shape index (κ3) is 6.14. The Bertz CT molecular complexity index is 1300. The molecule has 0 saturated heterocycles. The van der Waals surface area contributed by atoms with Crippen molar-refractivity contribution in [3.05, 3.63) is 108 Å². The van der Waals surface area contributed by atoms with E-state index in [0.29, 0.717) is 23.8 Å². The first kappa shape index (κ1) is 23.7. The summed E-state index contributed by atoms with van der Waals surface area (Å²) in [6.45, 7) is 4.51. The zero-order valence-electron chi connectivity index (χ0n) is 19.6. The topological polar surface area (TPSA) is 104 Å². The van der Waals surface area contributed by atoms with Gasteiger partial charge in [0.25, 0.3) is 0 Å². The minimum absolute atomic E-state index is 0.149. The molecule has 2 aromatic carbocycles. The van der Waals surface area contributed by atoms with Crippen LogP contribution in [0.25, 0.3) is 11.1 Å². The Morgan fingerprint density at radius 3 is 2.20 bits per heavy atom. The summed E-state index contributed by atoms with van der Waals surface area (Å²) in [6.07, 6.45) is 5.20. The van der Waals surface area contributed by atoms with Crippen LogP contribution in [-0.2, 0) is 4.79 Å². The highest BCUT2D eigenvalue weighted by molar-refractivity contribution is 5.95. The van der Waals surface area contributed by atoms with Crippen molar-refractivity contribution in [2.75, 3.05) is 11.9 Å². The van der Waals surface area contributed by atoms with Crippen molar-refractivity contribution >= 4 is 11.7 Å². The lowest BCUT2D eigenvalue weighted by Gasteiger charge is -2.21. The fourth-order valence-corrected chi connectivity index (χ4v) is 3.68. The van der Waals surface area contributed by atoms with Gasteiger partial charge in [0.2, 0.25) is 5.91 Å². The molecular formula is C28H26N6O. The summed E-state index contributed by atoms with van der Waals surface area (Å²) in [5.41, 5.74) is 4.33. The molecule has 1 unspecified atom stereocenters. The molecule has 0 aliphatic carbocycles. The number of hydrogen-bond donors (Lipinski definition) is 2. The van der Waals surface area contributed by atoms with Crippen molar-refractivity contribution < 1.29 is 4.79 Å². The van der Waals surface area contributed by atoms with Crippen LogP contribution >= 0.6 is 0 Å². The summed E-state index contributed by atoms with van der Waals surface area (Å²) < 4.78 is 0. The zero-order valence-corrected chi connectivity index (χ0v) is 19.6. The van der Waals surface area contributed by atoms with Gasteiger partial charge in [0.1, 0.15) is 17.7 Å². The van der Waals surface area contributed by atoms with Crippen LogP contribution in [0.1, 0.15) is 41.4 Å². The Morgan fingerprint density at radius 1 is 0.886 bits per heavy atom. The van der Waals surface area contributed by atoms with E-state index in [9.17, 15) is 4.79 Å². The minimum atomic E-state index is -0.552. The van der Waals surface area contributed by atoms with Gasteiger partial charge in [-0.05, 0) is 48.2 Å². The first-order valence-corrected chi connectivity index (χ1v) is 11.4. The number of carbonyl (C=O) groups excluding carboxylic acids is 1. The molecule has 1 amide bonds. The standard InChI is InChI=1S/C28H26N6O/c1-19(22-10-8-21(14-29)9-11-22)15-33-27(23-6-4-3-5-7-23)28(35)34-26-13-12-24(16-32-26)25-17-30-20(2)31-18-25/h3-13,16-19,27,33H,15H2,1-2H3,(H,32,34,35)/t19?,27-/m0/s1. The van der Waals surface area contributed by atoms with Gasteiger partial charge < -0.3 is 10.6 Å². The summed E-state index contributed by atoms with van der Waals surface area (Å²) in [7, 11) is 0. The van der Waals surface area contributed by atoms with E-state index in [1.807, 2.05) is 67.6 Å². The summed E-state index contributed by atoms with van der Waals surface area (Å²) >= 11 is 0. The number of anilines is 1. The van der Waals surface area contributed by atoms with Crippen LogP contribution in [0, 0.1) is 18.3 Å². The van der Waals surface area contributed by atoms with Gasteiger partial charge in [0.05, 0.1) is 11.6 Å². The second-order valence-electron chi connectivity index (χ2n) is 8.33. The molecular weight excluding hydrogens is 436 g/mol. The molecule has 0 fully saturated rings. The van der Waals surface area contributed by atoms with E-state index < -0.39 is 6.04 Å². The Labute approximate surface area is 204 Å². The van der Waals surface area contributed by atoms with Crippen molar-refractivity contribution in [2.24, 2.45) is 0 Å². The zero-order chi connectivity index (χ0) is 24.6. The second-order valence-corrected chi connectivity index (χ2v) is 8.33. The maximum absolute atomic E-state index is 13.3. The van der Waals surface area contributed by atoms with Gasteiger partial charge in [-0.3, -0.25) is 4.79 Å². The Morgan fingerprint density at radius 2 is 1.57 bits per heavy atom. The normalized spacial score (nSPS) is 12.4. The number of nitrogens with zero attached hydrogens (tertiary/aromatic N) is 4. The molecule has 174 valence electrons. The van der Waals surface area contributed by atoms with E-state index in [0.717, 1.165) is 22.3 Å². The maximum Gasteiger partial charge on any atom is 0.247 e. The molecule has 2 N–H and O–H groups in total. The molecule has 7 nitrogen and oxygen atoms in total. The summed E-state index contributed by atoms with van der Waals surface area (Å²) in [5.74, 6) is 1.13. The quantitative estimate of drug-likeness (QED) is 0.390. The average Bonchev–Trinajstić information content (AvgIpc) is 2.90. The first-order valence-electron chi connectivity index (χ1n) is 11.4. The van der Waals surface area contributed by atoms with Crippen molar-refractivity contribution in [1.82, 2.24) is 20.3 Å². The van der Waals surface area contributed by atoms with Gasteiger partial charge in [-0.2, -0.15) is 5.26 Å². The molecule has 2 aromatic heterocycles. The third-order valence-electron chi connectivity index (χ3n) is 5.76. The number of carbonyl (C=O) groups is 1. The predicted octanol–water partition coefficient (Wildman–Crippen LogP) is 4.79. The first-order chi connectivity index (χ1) is 17.0. The van der Waals surface area contributed by atoms with E-state index in [2.05, 4.69) is 38.6 Å². The smallest absolute Gasteiger partial charge is 0.247 e. The maximum atomic E-state index is 13.3. The van der Waals surface area contributed by atoms with Crippen LogP contribution in [0.15, 0.2) is 85.3 Å². The van der Waals surface area contributed by atoms with Gasteiger partial charge in [0, 0.05) is 36.3 Å². The molecule has 0 spiro atoms. The molecule has 0 aliphatic rings. The van der Waals surface area contributed by atoms with E-state index >= 15 is 0 Å². The number of nitriles is 1. The Hall–Kier alpha value is -4.41. The lowest BCUT2D eigenvalue weighted by atomic mass is 9.98. The van der Waals surface area contributed by atoms with Crippen LogP contribution in [0.4, 0.5) is 5.82 Å². The van der Waals surface area contributed by atoms with Crippen LogP contribution in [0.3, 0.4) is 0 Å². The second kappa shape index (κ2) is 11.1. The van der Waals surface area contributed by atoms with Crippen molar-refractivity contribution in [2.45, 2.75) is 25.8 Å². The Balaban J connectivity index is 1.46. The third-order valence-corrected chi connectivity index (χ3v) is 5.76. The highest BCUT2D eigenvalue weighted by Gasteiger charge is 2.21. The van der Waals surface area contributed by atoms with Gasteiger partial charge in [-0.15, -0.1) is 0 Å². The monoisotopic (exact) mass is 462 g/mol. The van der Waals surface area contributed by atoms with E-state index in [1.54, 1.807) is 24.7 Å². The number of benzene rings is 2. The molecule has 0 saturated carbocycles. The Kier molecular flexibility index (Phi) is 7.56. The minimum Gasteiger partial charge on any atom is -0.309 e. The highest BCUT2D eigenvalue weighted by Crippen LogP contribution is 2.21. The van der Waals surface area contributed by atoms with E-state index in [1.165, 1.54) is 0 Å². The number of amides is 1. The summed E-state index contributed by atoms with van der Waals surface area (Å²) in [5, 5.41) is 15.3. The molecule has 35 heavy (non-hydrogen) atoms. The molecule has 4 aromatic rings. The van der Waals surface area contributed by atoms with E-state index in [-0.39, 0.29) is 11.8 Å². The number of nitrogens with one attached hydrogen (secondary N) is 2.